The highest BCUT2D eigenvalue weighted by Gasteiger charge is 2.56. The summed E-state index contributed by atoms with van der Waals surface area (Å²) in [4.78, 5) is 36.1. The van der Waals surface area contributed by atoms with Crippen LogP contribution < -0.4 is 9.47 Å². The molecular formula is C25H23N3O6. The molecule has 2 aromatic rings. The molecule has 3 aliphatic carbocycles. The van der Waals surface area contributed by atoms with Crippen LogP contribution in [0, 0.1) is 33.8 Å². The van der Waals surface area contributed by atoms with Gasteiger partial charge in [-0.2, -0.15) is 10.1 Å². The monoisotopic (exact) mass is 461 g/mol. The number of methoxy groups -OCH3 is 1. The molecule has 174 valence electrons. The second-order valence-electron chi connectivity index (χ2n) is 8.70. The van der Waals surface area contributed by atoms with Gasteiger partial charge >= 0.3 is 0 Å². The van der Waals surface area contributed by atoms with Crippen molar-refractivity contribution in [2.75, 3.05) is 7.11 Å². The molecule has 1 saturated heterocycles. The molecular weight excluding hydrogens is 438 g/mol. The van der Waals surface area contributed by atoms with Gasteiger partial charge in [-0.3, -0.25) is 19.7 Å². The molecule has 2 aromatic carbocycles. The summed E-state index contributed by atoms with van der Waals surface area (Å²) in [5, 5.41) is 16.0. The van der Waals surface area contributed by atoms with E-state index in [2.05, 4.69) is 17.3 Å². The van der Waals surface area contributed by atoms with E-state index in [1.807, 2.05) is 0 Å². The molecule has 6 rings (SSSR count). The molecule has 0 N–H and O–H groups in total. The highest BCUT2D eigenvalue weighted by Crippen LogP contribution is 2.49. The zero-order chi connectivity index (χ0) is 23.8. The fourth-order valence-corrected chi connectivity index (χ4v) is 5.06. The van der Waals surface area contributed by atoms with Crippen LogP contribution in [-0.2, 0) is 16.2 Å². The van der Waals surface area contributed by atoms with Gasteiger partial charge in [0.25, 0.3) is 17.5 Å². The highest BCUT2D eigenvalue weighted by molar-refractivity contribution is 6.06. The predicted molar refractivity (Wildman–Crippen MR) is 122 cm³/mol. The summed E-state index contributed by atoms with van der Waals surface area (Å²) in [5.74, 6) is 0.163. The van der Waals surface area contributed by atoms with Crippen molar-refractivity contribution in [2.24, 2.45) is 28.8 Å². The van der Waals surface area contributed by atoms with Crippen LogP contribution in [0.15, 0.2) is 59.7 Å². The van der Waals surface area contributed by atoms with Gasteiger partial charge in [0.2, 0.25) is 0 Å². The average Bonchev–Trinajstić information content (AvgIpc) is 3.14. The summed E-state index contributed by atoms with van der Waals surface area (Å²) in [6, 6.07) is 11.3. The number of ether oxygens (including phenoxy) is 2. The Morgan fingerprint density at radius 1 is 1.03 bits per heavy atom. The largest absolute Gasteiger partial charge is 0.493 e. The Bertz CT molecular complexity index is 1170. The predicted octanol–water partition coefficient (Wildman–Crippen LogP) is 3.71. The van der Waals surface area contributed by atoms with Crippen molar-refractivity contribution in [2.45, 2.75) is 19.4 Å². The standard InChI is InChI=1S/C25H23N3O6/c1-33-21-12-16(4-11-20(21)34-14-15-2-9-19(10-3-15)28(31)32)13-26-27-24(29)22-17-5-6-18(8-7-17)23(22)25(27)30/h2-6,9-13,17-18,22-23H,7-8,14H2,1H3/b26-13-/t17-,18-,22-,23+/m1/s1. The number of amides is 2. The van der Waals surface area contributed by atoms with Crippen molar-refractivity contribution in [3.8, 4) is 11.5 Å². The zero-order valence-electron chi connectivity index (χ0n) is 18.5. The van der Waals surface area contributed by atoms with Gasteiger partial charge in [-0.05, 0) is 66.1 Å². The zero-order valence-corrected chi connectivity index (χ0v) is 18.5. The molecule has 0 radical (unpaired) electrons. The Morgan fingerprint density at radius 3 is 2.24 bits per heavy atom. The molecule has 2 amide bonds. The quantitative estimate of drug-likeness (QED) is 0.204. The molecule has 0 unspecified atom stereocenters. The minimum absolute atomic E-state index is 0.0168. The maximum absolute atomic E-state index is 12.9. The lowest BCUT2D eigenvalue weighted by Crippen LogP contribution is -2.38. The number of hydrogen-bond acceptors (Lipinski definition) is 7. The van der Waals surface area contributed by atoms with Crippen LogP contribution in [0.25, 0.3) is 0 Å². The van der Waals surface area contributed by atoms with Gasteiger partial charge in [0.1, 0.15) is 6.61 Å². The third-order valence-corrected chi connectivity index (χ3v) is 6.79. The van der Waals surface area contributed by atoms with Crippen LogP contribution in [-0.4, -0.2) is 35.1 Å². The number of fused-ring (bicyclic) bond motifs is 1. The lowest BCUT2D eigenvalue weighted by atomic mass is 9.63. The first-order valence-corrected chi connectivity index (χ1v) is 11.1. The summed E-state index contributed by atoms with van der Waals surface area (Å²) in [6.45, 7) is 0.206. The Balaban J connectivity index is 1.27. The van der Waals surface area contributed by atoms with Crippen molar-refractivity contribution in [1.29, 1.82) is 0 Å². The number of hydrogen-bond donors (Lipinski definition) is 0. The summed E-state index contributed by atoms with van der Waals surface area (Å²) in [5.41, 5.74) is 1.44. The molecule has 1 aliphatic heterocycles. The summed E-state index contributed by atoms with van der Waals surface area (Å²) < 4.78 is 11.2. The number of carbonyl (C=O) groups excluding carboxylic acids is 2. The van der Waals surface area contributed by atoms with Gasteiger partial charge < -0.3 is 9.47 Å². The second-order valence-corrected chi connectivity index (χ2v) is 8.70. The van der Waals surface area contributed by atoms with Crippen LogP contribution >= 0.6 is 0 Å². The fraction of sp³-hybridized carbons (Fsp3) is 0.320. The van der Waals surface area contributed by atoms with E-state index in [1.165, 1.54) is 25.5 Å². The van der Waals surface area contributed by atoms with Crippen molar-refractivity contribution in [3.05, 3.63) is 75.9 Å². The van der Waals surface area contributed by atoms with E-state index in [4.69, 9.17) is 9.47 Å². The Kier molecular flexibility index (Phi) is 5.61. The minimum atomic E-state index is -0.452. The number of allylic oxidation sites excluding steroid dienone is 2. The third-order valence-electron chi connectivity index (χ3n) is 6.79. The molecule has 1 heterocycles. The number of non-ortho nitro benzene ring substituents is 1. The first kappa shape index (κ1) is 21.8. The number of imide groups is 1. The van der Waals surface area contributed by atoms with E-state index in [1.54, 1.807) is 30.3 Å². The van der Waals surface area contributed by atoms with E-state index in [9.17, 15) is 19.7 Å². The Hall–Kier alpha value is -4.01. The normalized spacial score (nSPS) is 25.1. The molecule has 0 spiro atoms. The number of benzene rings is 2. The van der Waals surface area contributed by atoms with E-state index in [0.29, 0.717) is 17.1 Å². The van der Waals surface area contributed by atoms with Gasteiger partial charge in [0.15, 0.2) is 11.5 Å². The molecule has 9 heteroatoms. The maximum Gasteiger partial charge on any atom is 0.269 e. The number of rotatable bonds is 7. The molecule has 4 aliphatic rings. The average molecular weight is 461 g/mol. The molecule has 2 bridgehead atoms. The number of nitrogens with zero attached hydrogens (tertiary/aromatic N) is 3. The second kappa shape index (κ2) is 8.74. The lowest BCUT2D eigenvalue weighted by Gasteiger charge is -2.37. The van der Waals surface area contributed by atoms with Gasteiger partial charge in [0.05, 0.1) is 30.1 Å². The van der Waals surface area contributed by atoms with Gasteiger partial charge in [0, 0.05) is 12.1 Å². The Labute approximate surface area is 195 Å². The van der Waals surface area contributed by atoms with Gasteiger partial charge in [-0.25, -0.2) is 0 Å². The number of nitro groups is 1. The summed E-state index contributed by atoms with van der Waals surface area (Å²) >= 11 is 0. The molecule has 0 aromatic heterocycles. The van der Waals surface area contributed by atoms with Crippen molar-refractivity contribution < 1.29 is 24.0 Å². The molecule has 34 heavy (non-hydrogen) atoms. The molecule has 9 nitrogen and oxygen atoms in total. The number of carbonyl (C=O) groups is 2. The smallest absolute Gasteiger partial charge is 0.269 e. The molecule has 1 saturated carbocycles. The van der Waals surface area contributed by atoms with Crippen molar-refractivity contribution in [1.82, 2.24) is 5.01 Å². The third kappa shape index (κ3) is 3.83. The van der Waals surface area contributed by atoms with Gasteiger partial charge in [-0.1, -0.05) is 12.2 Å². The van der Waals surface area contributed by atoms with E-state index in [0.717, 1.165) is 23.4 Å². The SMILES string of the molecule is COc1cc(/C=N\N2C(=O)[C@@H]3[C@H](C2=O)[C@@H]2C=C[C@@H]3CC2)ccc1OCc1ccc([N+](=O)[O-])cc1. The first-order valence-electron chi connectivity index (χ1n) is 11.1. The topological polar surface area (TPSA) is 111 Å². The first-order chi connectivity index (χ1) is 16.5. The van der Waals surface area contributed by atoms with Crippen LogP contribution in [0.4, 0.5) is 5.69 Å². The number of nitro benzene ring substituents is 1. The lowest BCUT2D eigenvalue weighted by molar-refractivity contribution is -0.384. The summed E-state index contributed by atoms with van der Waals surface area (Å²) in [7, 11) is 1.51. The van der Waals surface area contributed by atoms with E-state index in [-0.39, 0.29) is 47.8 Å². The molecule has 4 atom stereocenters. The van der Waals surface area contributed by atoms with Gasteiger partial charge in [-0.15, -0.1) is 0 Å². The maximum atomic E-state index is 12.9. The van der Waals surface area contributed by atoms with Crippen LogP contribution in [0.2, 0.25) is 0 Å². The Morgan fingerprint density at radius 2 is 1.68 bits per heavy atom. The van der Waals surface area contributed by atoms with Crippen LogP contribution in [0.1, 0.15) is 24.0 Å². The van der Waals surface area contributed by atoms with Crippen molar-refractivity contribution in [3.63, 3.8) is 0 Å². The van der Waals surface area contributed by atoms with E-state index >= 15 is 0 Å². The summed E-state index contributed by atoms with van der Waals surface area (Å²) in [6.07, 6.45) is 7.52. The highest BCUT2D eigenvalue weighted by atomic mass is 16.6. The van der Waals surface area contributed by atoms with Crippen molar-refractivity contribution >= 4 is 23.7 Å². The molecule has 2 fully saturated rings. The fourth-order valence-electron chi connectivity index (χ4n) is 5.06. The number of hydrazone groups is 1. The van der Waals surface area contributed by atoms with E-state index < -0.39 is 4.92 Å². The minimum Gasteiger partial charge on any atom is -0.493 e. The van der Waals surface area contributed by atoms with Crippen LogP contribution in [0.5, 0.6) is 11.5 Å². The van der Waals surface area contributed by atoms with Crippen LogP contribution in [0.3, 0.4) is 0 Å².